The summed E-state index contributed by atoms with van der Waals surface area (Å²) < 4.78 is 5.66. The van der Waals surface area contributed by atoms with E-state index in [2.05, 4.69) is 90.7 Å². The van der Waals surface area contributed by atoms with Crippen molar-refractivity contribution < 1.29 is 4.74 Å². The van der Waals surface area contributed by atoms with Crippen molar-refractivity contribution >= 4 is 34.7 Å². The summed E-state index contributed by atoms with van der Waals surface area (Å²) in [6.45, 7) is 23.1. The van der Waals surface area contributed by atoms with E-state index in [4.69, 9.17) is 29.2 Å². The normalized spacial score (nSPS) is 23.9. The van der Waals surface area contributed by atoms with Gasteiger partial charge in [-0.05, 0) is 112 Å². The molecule has 4 rings (SSSR count). The van der Waals surface area contributed by atoms with E-state index in [1.54, 1.807) is 0 Å². The summed E-state index contributed by atoms with van der Waals surface area (Å²) in [5.41, 5.74) is 1.34. The molecule has 1 aromatic carbocycles. The van der Waals surface area contributed by atoms with Gasteiger partial charge in [-0.15, -0.1) is 0 Å². The monoisotopic (exact) mass is 629 g/mol. The largest absolute Gasteiger partial charge is 0.494 e. The first-order chi connectivity index (χ1) is 20.5. The first kappa shape index (κ1) is 34.2. The van der Waals surface area contributed by atoms with Crippen LogP contribution in [-0.2, 0) is 6.42 Å². The molecule has 0 aromatic heterocycles. The zero-order valence-electron chi connectivity index (χ0n) is 28.1. The van der Waals surface area contributed by atoms with Crippen LogP contribution in [0.2, 0.25) is 0 Å². The van der Waals surface area contributed by atoms with Gasteiger partial charge in [0.05, 0.1) is 6.61 Å². The van der Waals surface area contributed by atoms with E-state index in [1.165, 1.54) is 44.2 Å². The number of likely N-dealkylation sites (tertiary alicyclic amines) is 1. The zero-order chi connectivity index (χ0) is 31.1. The maximum absolute atomic E-state index is 6.33. The van der Waals surface area contributed by atoms with Crippen LogP contribution in [-0.4, -0.2) is 99.9 Å². The average molecular weight is 630 g/mol. The number of nitrogens with one attached hydrogen (secondary N) is 1. The van der Waals surface area contributed by atoms with E-state index in [1.807, 2.05) is 6.92 Å². The third-order valence-corrected chi connectivity index (χ3v) is 10.3. The van der Waals surface area contributed by atoms with Crippen molar-refractivity contribution in [3.8, 4) is 5.75 Å². The molecular weight excluding hydrogens is 571 g/mol. The van der Waals surface area contributed by atoms with Crippen LogP contribution in [0.25, 0.3) is 0 Å². The summed E-state index contributed by atoms with van der Waals surface area (Å²) in [6, 6.07) is 10.6. The summed E-state index contributed by atoms with van der Waals surface area (Å²) in [7, 11) is 0. The van der Waals surface area contributed by atoms with Crippen LogP contribution < -0.4 is 10.1 Å². The van der Waals surface area contributed by atoms with Gasteiger partial charge in [0.1, 0.15) is 5.75 Å². The summed E-state index contributed by atoms with van der Waals surface area (Å²) in [6.07, 6.45) is 7.08. The van der Waals surface area contributed by atoms with Gasteiger partial charge in [-0.25, -0.2) is 0 Å². The minimum absolute atomic E-state index is 0.438. The van der Waals surface area contributed by atoms with Crippen LogP contribution in [0.15, 0.2) is 24.3 Å². The van der Waals surface area contributed by atoms with Crippen molar-refractivity contribution in [2.24, 2.45) is 17.8 Å². The fourth-order valence-electron chi connectivity index (χ4n) is 7.48. The van der Waals surface area contributed by atoms with Gasteiger partial charge in [-0.2, -0.15) is 0 Å². The molecule has 0 aliphatic carbocycles. The molecule has 3 aliphatic rings. The third kappa shape index (κ3) is 9.43. The maximum Gasteiger partial charge on any atom is 0.172 e. The summed E-state index contributed by atoms with van der Waals surface area (Å²) >= 11 is 12.1. The minimum atomic E-state index is 0.438. The van der Waals surface area contributed by atoms with Gasteiger partial charge in [-0.1, -0.05) is 53.7 Å². The Morgan fingerprint density at radius 1 is 0.907 bits per heavy atom. The summed E-state index contributed by atoms with van der Waals surface area (Å²) in [5, 5.41) is 5.51. The minimum Gasteiger partial charge on any atom is -0.494 e. The van der Waals surface area contributed by atoms with Crippen LogP contribution >= 0.6 is 24.4 Å². The fourth-order valence-corrected chi connectivity index (χ4v) is 8.25. The molecule has 3 fully saturated rings. The molecule has 1 N–H and O–H groups in total. The number of hydrogen-bond donors (Lipinski definition) is 1. The lowest BCUT2D eigenvalue weighted by Gasteiger charge is -2.38. The molecule has 0 saturated carbocycles. The van der Waals surface area contributed by atoms with Gasteiger partial charge >= 0.3 is 0 Å². The lowest BCUT2D eigenvalue weighted by molar-refractivity contribution is 0.146. The molecule has 242 valence electrons. The van der Waals surface area contributed by atoms with E-state index in [9.17, 15) is 0 Å². The van der Waals surface area contributed by atoms with Gasteiger partial charge in [0.2, 0.25) is 0 Å². The molecule has 0 amide bonds. The topological polar surface area (TPSA) is 34.2 Å². The van der Waals surface area contributed by atoms with Gasteiger partial charge in [0.25, 0.3) is 0 Å². The van der Waals surface area contributed by atoms with Gasteiger partial charge in [-0.3, -0.25) is 4.90 Å². The quantitative estimate of drug-likeness (QED) is 0.210. The number of thiocarbonyl (C=S) groups is 2. The highest BCUT2D eigenvalue weighted by molar-refractivity contribution is 7.80. The highest BCUT2D eigenvalue weighted by atomic mass is 32.1. The van der Waals surface area contributed by atoms with Crippen molar-refractivity contribution in [3.05, 3.63) is 29.8 Å². The van der Waals surface area contributed by atoms with Crippen LogP contribution in [0.5, 0.6) is 5.75 Å². The Labute approximate surface area is 273 Å². The molecular formula is C35H59N5OS2. The Hall–Kier alpha value is -1.64. The van der Waals surface area contributed by atoms with Gasteiger partial charge in [0.15, 0.2) is 10.2 Å². The van der Waals surface area contributed by atoms with E-state index < -0.39 is 0 Å². The lowest BCUT2D eigenvalue weighted by Crippen LogP contribution is -2.51. The Bertz CT molecular complexity index is 1030. The molecule has 6 nitrogen and oxygen atoms in total. The fraction of sp³-hybridized carbons (Fsp3) is 0.771. The lowest BCUT2D eigenvalue weighted by atomic mass is 10.00. The second-order valence-corrected chi connectivity index (χ2v) is 15.2. The van der Waals surface area contributed by atoms with E-state index in [-0.39, 0.29) is 0 Å². The highest BCUT2D eigenvalue weighted by Gasteiger charge is 2.40. The number of hydrogen-bond acceptors (Lipinski definition) is 4. The molecule has 0 bridgehead atoms. The van der Waals surface area contributed by atoms with Crippen LogP contribution in [0, 0.1) is 17.8 Å². The predicted octanol–water partition coefficient (Wildman–Crippen LogP) is 6.43. The third-order valence-electron chi connectivity index (χ3n) is 9.43. The number of nitrogens with zero attached hydrogens (tertiary/aromatic N) is 4. The second-order valence-electron chi connectivity index (χ2n) is 14.4. The summed E-state index contributed by atoms with van der Waals surface area (Å²) in [5.74, 6) is 2.89. The van der Waals surface area contributed by atoms with E-state index in [0.717, 1.165) is 55.1 Å². The van der Waals surface area contributed by atoms with Crippen molar-refractivity contribution in [1.29, 1.82) is 0 Å². The van der Waals surface area contributed by atoms with E-state index in [0.29, 0.717) is 48.5 Å². The molecule has 4 atom stereocenters. The molecule has 3 saturated heterocycles. The zero-order valence-corrected chi connectivity index (χ0v) is 29.7. The van der Waals surface area contributed by atoms with E-state index >= 15 is 0 Å². The van der Waals surface area contributed by atoms with Crippen molar-refractivity contribution in [3.63, 3.8) is 0 Å². The first-order valence-corrected chi connectivity index (χ1v) is 17.9. The highest BCUT2D eigenvalue weighted by Crippen LogP contribution is 2.30. The molecule has 43 heavy (non-hydrogen) atoms. The molecule has 0 radical (unpaired) electrons. The van der Waals surface area contributed by atoms with Crippen molar-refractivity contribution in [2.75, 3.05) is 45.9 Å². The Morgan fingerprint density at radius 2 is 1.60 bits per heavy atom. The van der Waals surface area contributed by atoms with Crippen LogP contribution in [0.4, 0.5) is 0 Å². The molecule has 3 aliphatic heterocycles. The Balaban J connectivity index is 1.45. The smallest absolute Gasteiger partial charge is 0.172 e. The van der Waals surface area contributed by atoms with Gasteiger partial charge < -0.3 is 24.8 Å². The number of benzene rings is 1. The molecule has 1 unspecified atom stereocenters. The molecule has 8 heteroatoms. The van der Waals surface area contributed by atoms with Crippen molar-refractivity contribution in [1.82, 2.24) is 24.9 Å². The molecule has 0 spiro atoms. The molecule has 3 heterocycles. The predicted molar refractivity (Wildman–Crippen MR) is 189 cm³/mol. The number of rotatable bonds is 16. The standard InChI is InChI=1S/C35H59N5OS2/c1-8-41-33-13-11-28(12-14-33)15-17-38-32(20-27(6)7)24-40(35(38)43)31(19-26(4)5)22-37-16-9-10-29(37)23-39-30(18-25(2)3)21-36-34(39)42/h11-14,25-27,29-32H,8-10,15-24H2,1-7H3,(H,36,42)/t29?,30-,31-,32-/m0/s1. The SMILES string of the molecule is CCOc1ccc(CCN2C(=S)N([C@@H](CC(C)C)CN3CCCC3CN3C(=S)NC[C@@H]3CC(C)C)C[C@@H]2CC(C)C)cc1. The van der Waals surface area contributed by atoms with Crippen molar-refractivity contribution in [2.45, 2.75) is 111 Å². The Morgan fingerprint density at radius 3 is 2.26 bits per heavy atom. The summed E-state index contributed by atoms with van der Waals surface area (Å²) in [4.78, 5) is 10.5. The second kappa shape index (κ2) is 16.1. The van der Waals surface area contributed by atoms with Gasteiger partial charge in [0, 0.05) is 56.9 Å². The first-order valence-electron chi connectivity index (χ1n) is 17.1. The van der Waals surface area contributed by atoms with Crippen LogP contribution in [0.1, 0.15) is 86.1 Å². The number of ether oxygens (including phenoxy) is 1. The Kier molecular flexibility index (Phi) is 12.8. The maximum atomic E-state index is 6.33. The van der Waals surface area contributed by atoms with Crippen LogP contribution in [0.3, 0.4) is 0 Å². The molecule has 1 aromatic rings. The average Bonchev–Trinajstić information content (AvgIpc) is 3.61.